The third-order valence-electron chi connectivity index (χ3n) is 5.38. The molecule has 0 saturated carbocycles. The molecule has 2 atom stereocenters. The smallest absolute Gasteiger partial charge is 0.238 e. The standard InChI is InChI=1S/C19H25FN6O/c20-14-9-17(21)26(11-14)18(27)12-25-6-3-15(4-7-25)24-16-8-13-2-1-5-22-19(13)23-10-16/h1-2,5,8,10,14-15,17,24H,3-4,6-7,9,11-12,21H2/t14-,17-/m0/s1. The van der Waals surface area contributed by atoms with Crippen LogP contribution in [0.15, 0.2) is 30.6 Å². The number of fused-ring (bicyclic) bond motifs is 1. The Kier molecular flexibility index (Phi) is 5.18. The van der Waals surface area contributed by atoms with Crippen LogP contribution in [0.4, 0.5) is 10.1 Å². The molecule has 2 aromatic rings. The number of nitrogens with one attached hydrogen (secondary N) is 1. The summed E-state index contributed by atoms with van der Waals surface area (Å²) in [6.07, 6.45) is 4.20. The number of likely N-dealkylation sites (tertiary alicyclic amines) is 2. The molecule has 0 unspecified atom stereocenters. The molecular weight excluding hydrogens is 347 g/mol. The molecule has 0 spiro atoms. The van der Waals surface area contributed by atoms with E-state index in [1.165, 1.54) is 4.90 Å². The number of nitrogens with two attached hydrogens (primary N) is 1. The molecule has 2 aliphatic rings. The van der Waals surface area contributed by atoms with E-state index in [2.05, 4.69) is 26.3 Å². The van der Waals surface area contributed by atoms with E-state index in [0.717, 1.165) is 42.7 Å². The van der Waals surface area contributed by atoms with Gasteiger partial charge in [0, 0.05) is 37.1 Å². The van der Waals surface area contributed by atoms with Crippen molar-refractivity contribution in [2.75, 3.05) is 31.5 Å². The number of pyridine rings is 2. The number of alkyl halides is 1. The number of carbonyl (C=O) groups excluding carboxylic acids is 1. The quantitative estimate of drug-likeness (QED) is 0.843. The van der Waals surface area contributed by atoms with Gasteiger partial charge in [0.25, 0.3) is 0 Å². The van der Waals surface area contributed by atoms with Crippen LogP contribution in [-0.2, 0) is 4.79 Å². The van der Waals surface area contributed by atoms with Gasteiger partial charge in [0.05, 0.1) is 31.1 Å². The first-order valence-corrected chi connectivity index (χ1v) is 9.47. The monoisotopic (exact) mass is 372 g/mol. The maximum absolute atomic E-state index is 13.4. The lowest BCUT2D eigenvalue weighted by molar-refractivity contribution is -0.133. The Morgan fingerprint density at radius 1 is 1.33 bits per heavy atom. The number of carbonyl (C=O) groups is 1. The predicted octanol–water partition coefficient (Wildman–Crippen LogP) is 1.36. The number of piperidine rings is 1. The molecule has 4 heterocycles. The average molecular weight is 372 g/mol. The summed E-state index contributed by atoms with van der Waals surface area (Å²) in [5.74, 6) is -0.0692. The maximum Gasteiger partial charge on any atom is 0.238 e. The molecule has 0 bridgehead atoms. The second-order valence-corrected chi connectivity index (χ2v) is 7.42. The van der Waals surface area contributed by atoms with Crippen LogP contribution in [-0.4, -0.2) is 70.2 Å². The highest BCUT2D eigenvalue weighted by atomic mass is 19.1. The van der Waals surface area contributed by atoms with Crippen molar-refractivity contribution < 1.29 is 9.18 Å². The summed E-state index contributed by atoms with van der Waals surface area (Å²) in [5, 5.41) is 4.55. The summed E-state index contributed by atoms with van der Waals surface area (Å²) in [4.78, 5) is 24.6. The lowest BCUT2D eigenvalue weighted by atomic mass is 10.0. The van der Waals surface area contributed by atoms with Gasteiger partial charge in [0.2, 0.25) is 5.91 Å². The van der Waals surface area contributed by atoms with E-state index in [4.69, 9.17) is 5.73 Å². The van der Waals surface area contributed by atoms with Crippen molar-refractivity contribution in [3.63, 3.8) is 0 Å². The van der Waals surface area contributed by atoms with E-state index in [0.29, 0.717) is 12.6 Å². The normalized spacial score (nSPS) is 24.4. The zero-order chi connectivity index (χ0) is 18.8. The Labute approximate surface area is 157 Å². The Bertz CT molecular complexity index is 810. The number of halogens is 1. The largest absolute Gasteiger partial charge is 0.381 e. The minimum absolute atomic E-state index is 0.0692. The van der Waals surface area contributed by atoms with Crippen LogP contribution in [0.3, 0.4) is 0 Å². The Hall–Kier alpha value is -2.32. The van der Waals surface area contributed by atoms with Gasteiger partial charge in [-0.2, -0.15) is 0 Å². The molecule has 0 aromatic carbocycles. The Morgan fingerprint density at radius 3 is 2.89 bits per heavy atom. The van der Waals surface area contributed by atoms with Gasteiger partial charge in [-0.3, -0.25) is 9.69 Å². The number of aromatic nitrogens is 2. The second-order valence-electron chi connectivity index (χ2n) is 7.42. The first-order chi connectivity index (χ1) is 13.1. The number of hydrogen-bond acceptors (Lipinski definition) is 6. The molecule has 144 valence electrons. The van der Waals surface area contributed by atoms with Crippen LogP contribution in [0.5, 0.6) is 0 Å². The lowest BCUT2D eigenvalue weighted by Gasteiger charge is -2.33. The Morgan fingerprint density at radius 2 is 2.15 bits per heavy atom. The van der Waals surface area contributed by atoms with E-state index < -0.39 is 12.3 Å². The summed E-state index contributed by atoms with van der Waals surface area (Å²) in [6, 6.07) is 6.31. The maximum atomic E-state index is 13.4. The lowest BCUT2D eigenvalue weighted by Crippen LogP contribution is -2.48. The van der Waals surface area contributed by atoms with Crippen LogP contribution in [0.2, 0.25) is 0 Å². The topological polar surface area (TPSA) is 87.4 Å². The molecule has 4 rings (SSSR count). The van der Waals surface area contributed by atoms with Crippen molar-refractivity contribution in [2.24, 2.45) is 5.73 Å². The molecule has 2 aromatic heterocycles. The van der Waals surface area contributed by atoms with Crippen molar-refractivity contribution in [1.29, 1.82) is 0 Å². The summed E-state index contributed by atoms with van der Waals surface area (Å²) >= 11 is 0. The third-order valence-corrected chi connectivity index (χ3v) is 5.38. The molecule has 1 amide bonds. The highest BCUT2D eigenvalue weighted by Gasteiger charge is 2.33. The molecule has 27 heavy (non-hydrogen) atoms. The van der Waals surface area contributed by atoms with Crippen molar-refractivity contribution in [3.05, 3.63) is 30.6 Å². The molecule has 8 heteroatoms. The van der Waals surface area contributed by atoms with Crippen molar-refractivity contribution in [1.82, 2.24) is 19.8 Å². The molecule has 2 saturated heterocycles. The fraction of sp³-hybridized carbons (Fsp3) is 0.526. The van der Waals surface area contributed by atoms with Gasteiger partial charge in [-0.15, -0.1) is 0 Å². The van der Waals surface area contributed by atoms with Crippen LogP contribution >= 0.6 is 0 Å². The highest BCUT2D eigenvalue weighted by Crippen LogP contribution is 2.20. The van der Waals surface area contributed by atoms with Crippen LogP contribution in [0.1, 0.15) is 19.3 Å². The van der Waals surface area contributed by atoms with Crippen molar-refractivity contribution in [3.8, 4) is 0 Å². The number of rotatable bonds is 4. The third kappa shape index (κ3) is 4.17. The number of amides is 1. The fourth-order valence-electron chi connectivity index (χ4n) is 3.90. The minimum Gasteiger partial charge on any atom is -0.381 e. The van der Waals surface area contributed by atoms with Gasteiger partial charge in [0.15, 0.2) is 5.65 Å². The summed E-state index contributed by atoms with van der Waals surface area (Å²) < 4.78 is 13.4. The predicted molar refractivity (Wildman–Crippen MR) is 102 cm³/mol. The molecule has 2 aliphatic heterocycles. The van der Waals surface area contributed by atoms with E-state index in [1.807, 2.05) is 18.3 Å². The van der Waals surface area contributed by atoms with Gasteiger partial charge < -0.3 is 16.0 Å². The molecule has 0 radical (unpaired) electrons. The van der Waals surface area contributed by atoms with E-state index in [-0.39, 0.29) is 18.9 Å². The average Bonchev–Trinajstić information content (AvgIpc) is 3.01. The second kappa shape index (κ2) is 7.74. The summed E-state index contributed by atoms with van der Waals surface area (Å²) in [5.41, 5.74) is 7.58. The van der Waals surface area contributed by atoms with E-state index >= 15 is 0 Å². The van der Waals surface area contributed by atoms with Gasteiger partial charge >= 0.3 is 0 Å². The fourth-order valence-corrected chi connectivity index (χ4v) is 3.90. The van der Waals surface area contributed by atoms with Gasteiger partial charge in [-0.1, -0.05) is 0 Å². The summed E-state index contributed by atoms with van der Waals surface area (Å²) in [7, 11) is 0. The number of anilines is 1. The zero-order valence-corrected chi connectivity index (χ0v) is 15.2. The molecule has 2 fully saturated rings. The van der Waals surface area contributed by atoms with Gasteiger partial charge in [-0.05, 0) is 31.0 Å². The van der Waals surface area contributed by atoms with E-state index in [9.17, 15) is 9.18 Å². The van der Waals surface area contributed by atoms with Crippen LogP contribution in [0, 0.1) is 0 Å². The van der Waals surface area contributed by atoms with Gasteiger partial charge in [-0.25, -0.2) is 14.4 Å². The first kappa shape index (κ1) is 18.1. The molecule has 3 N–H and O–H groups in total. The molecule has 7 nitrogen and oxygen atoms in total. The van der Waals surface area contributed by atoms with Gasteiger partial charge in [0.1, 0.15) is 6.17 Å². The van der Waals surface area contributed by atoms with Crippen LogP contribution < -0.4 is 11.1 Å². The minimum atomic E-state index is -0.996. The zero-order valence-electron chi connectivity index (χ0n) is 15.2. The number of hydrogen-bond donors (Lipinski definition) is 2. The highest BCUT2D eigenvalue weighted by molar-refractivity contribution is 5.79. The first-order valence-electron chi connectivity index (χ1n) is 9.47. The van der Waals surface area contributed by atoms with Crippen molar-refractivity contribution in [2.45, 2.75) is 37.6 Å². The summed E-state index contributed by atoms with van der Waals surface area (Å²) in [6.45, 7) is 2.10. The number of nitrogens with zero attached hydrogens (tertiary/aromatic N) is 4. The Balaban J connectivity index is 1.28. The molecule has 0 aliphatic carbocycles. The molecular formula is C19H25FN6O. The van der Waals surface area contributed by atoms with Crippen LogP contribution in [0.25, 0.3) is 11.0 Å². The SMILES string of the molecule is N[C@@H]1C[C@H](F)CN1C(=O)CN1CCC(Nc2cnc3ncccc3c2)CC1. The van der Waals surface area contributed by atoms with Crippen molar-refractivity contribution >= 4 is 22.6 Å². The van der Waals surface area contributed by atoms with E-state index in [1.54, 1.807) is 6.20 Å².